The fraction of sp³-hybridized carbons (Fsp3) is 0.562. The molecule has 110 valence electrons. The third-order valence-corrected chi connectivity index (χ3v) is 5.57. The maximum atomic E-state index is 12.1. The summed E-state index contributed by atoms with van der Waals surface area (Å²) in [6.07, 6.45) is 5.01. The van der Waals surface area contributed by atoms with Crippen molar-refractivity contribution in [3.05, 3.63) is 35.4 Å². The van der Waals surface area contributed by atoms with Gasteiger partial charge in [0.05, 0.1) is 5.92 Å². The first-order chi connectivity index (χ1) is 9.56. The van der Waals surface area contributed by atoms with Crippen molar-refractivity contribution in [3.8, 4) is 0 Å². The number of hydrogen-bond donors (Lipinski definition) is 1. The average molecular weight is 294 g/mol. The number of hydrogen-bond acceptors (Lipinski definition) is 2. The van der Waals surface area contributed by atoms with Gasteiger partial charge in [-0.05, 0) is 36.8 Å². The molecule has 0 radical (unpaired) electrons. The number of benzene rings is 1. The molecule has 3 nitrogen and oxygen atoms in total. The van der Waals surface area contributed by atoms with Crippen LogP contribution in [0.2, 0.25) is 0 Å². The molecular weight excluding hydrogens is 272 g/mol. The quantitative estimate of drug-likeness (QED) is 0.875. The lowest BCUT2D eigenvalue weighted by atomic mass is 10.0. The number of carboxylic acid groups (broad SMARTS) is 1. The Kier molecular flexibility index (Phi) is 5.35. The highest BCUT2D eigenvalue weighted by Gasteiger charge is 2.18. The Balaban J connectivity index is 1.89. The van der Waals surface area contributed by atoms with Gasteiger partial charge in [-0.1, -0.05) is 37.1 Å². The molecule has 1 saturated carbocycles. The van der Waals surface area contributed by atoms with Gasteiger partial charge in [0.1, 0.15) is 0 Å². The van der Waals surface area contributed by atoms with E-state index in [1.807, 2.05) is 24.3 Å². The van der Waals surface area contributed by atoms with E-state index in [0.717, 1.165) is 16.9 Å². The first-order valence-electron chi connectivity index (χ1n) is 7.23. The molecule has 1 N–H and O–H groups in total. The van der Waals surface area contributed by atoms with E-state index in [9.17, 15) is 9.00 Å². The Morgan fingerprint density at radius 3 is 2.45 bits per heavy atom. The normalized spacial score (nSPS) is 18.9. The van der Waals surface area contributed by atoms with Crippen LogP contribution in [0.15, 0.2) is 24.3 Å². The maximum Gasteiger partial charge on any atom is 0.310 e. The van der Waals surface area contributed by atoms with Crippen LogP contribution >= 0.6 is 0 Å². The smallest absolute Gasteiger partial charge is 0.310 e. The molecule has 0 bridgehead atoms. The van der Waals surface area contributed by atoms with Crippen LogP contribution in [-0.4, -0.2) is 21.0 Å². The predicted octanol–water partition coefficient (Wildman–Crippen LogP) is 3.31. The summed E-state index contributed by atoms with van der Waals surface area (Å²) in [7, 11) is -0.803. The Labute approximate surface area is 122 Å². The summed E-state index contributed by atoms with van der Waals surface area (Å²) in [6.45, 7) is 1.68. The lowest BCUT2D eigenvalue weighted by molar-refractivity contribution is -0.138. The molecule has 0 saturated heterocycles. The molecule has 0 amide bonds. The SMILES string of the molecule is CC(C(=O)O)c1ccc(CS(=O)CC2CCCC2)cc1. The minimum atomic E-state index is -0.817. The average Bonchev–Trinajstić information content (AvgIpc) is 2.91. The van der Waals surface area contributed by atoms with Gasteiger partial charge in [-0.15, -0.1) is 0 Å². The summed E-state index contributed by atoms with van der Waals surface area (Å²) in [4.78, 5) is 10.9. The van der Waals surface area contributed by atoms with E-state index in [-0.39, 0.29) is 0 Å². The van der Waals surface area contributed by atoms with E-state index in [4.69, 9.17) is 5.11 Å². The fourth-order valence-electron chi connectivity index (χ4n) is 2.73. The van der Waals surface area contributed by atoms with E-state index in [2.05, 4.69) is 0 Å². The topological polar surface area (TPSA) is 54.4 Å². The molecular formula is C16H22O3S. The van der Waals surface area contributed by atoms with Crippen LogP contribution in [0.25, 0.3) is 0 Å². The summed E-state index contributed by atoms with van der Waals surface area (Å²) >= 11 is 0. The summed E-state index contributed by atoms with van der Waals surface area (Å²) in [6, 6.07) is 7.48. The molecule has 1 fully saturated rings. The molecule has 1 aromatic rings. The van der Waals surface area contributed by atoms with E-state index in [0.29, 0.717) is 11.7 Å². The van der Waals surface area contributed by atoms with Gasteiger partial charge in [-0.25, -0.2) is 0 Å². The molecule has 2 rings (SSSR count). The van der Waals surface area contributed by atoms with Crippen LogP contribution in [0.5, 0.6) is 0 Å². The molecule has 20 heavy (non-hydrogen) atoms. The van der Waals surface area contributed by atoms with Crippen molar-refractivity contribution in [1.29, 1.82) is 0 Å². The Morgan fingerprint density at radius 1 is 1.30 bits per heavy atom. The van der Waals surface area contributed by atoms with Gasteiger partial charge in [0.25, 0.3) is 0 Å². The van der Waals surface area contributed by atoms with Crippen LogP contribution in [0.1, 0.15) is 49.7 Å². The van der Waals surface area contributed by atoms with Crippen molar-refractivity contribution < 1.29 is 14.1 Å². The van der Waals surface area contributed by atoms with E-state index in [1.54, 1.807) is 6.92 Å². The van der Waals surface area contributed by atoms with Crippen LogP contribution < -0.4 is 0 Å². The monoisotopic (exact) mass is 294 g/mol. The molecule has 1 aromatic carbocycles. The van der Waals surface area contributed by atoms with Crippen molar-refractivity contribution in [3.63, 3.8) is 0 Å². The first kappa shape index (κ1) is 15.2. The summed E-state index contributed by atoms with van der Waals surface area (Å²) in [5.74, 6) is 0.726. The van der Waals surface area contributed by atoms with Crippen LogP contribution in [0.4, 0.5) is 0 Å². The third kappa shape index (κ3) is 4.17. The maximum absolute atomic E-state index is 12.1. The minimum absolute atomic E-state index is 0.493. The van der Waals surface area contributed by atoms with Crippen LogP contribution in [0, 0.1) is 5.92 Å². The Bertz CT molecular complexity index is 475. The highest BCUT2D eigenvalue weighted by molar-refractivity contribution is 7.84. The van der Waals surface area contributed by atoms with Gasteiger partial charge in [0.2, 0.25) is 0 Å². The molecule has 0 spiro atoms. The highest BCUT2D eigenvalue weighted by atomic mass is 32.2. The largest absolute Gasteiger partial charge is 0.481 e. The Hall–Kier alpha value is -1.16. The molecule has 2 atom stereocenters. The first-order valence-corrected chi connectivity index (χ1v) is 8.71. The van der Waals surface area contributed by atoms with Crippen molar-refractivity contribution >= 4 is 16.8 Å². The lowest BCUT2D eigenvalue weighted by Crippen LogP contribution is -2.10. The second kappa shape index (κ2) is 7.02. The zero-order chi connectivity index (χ0) is 14.5. The molecule has 4 heteroatoms. The number of rotatable bonds is 6. The predicted molar refractivity (Wildman–Crippen MR) is 81.2 cm³/mol. The summed E-state index contributed by atoms with van der Waals surface area (Å²) in [5.41, 5.74) is 1.82. The van der Waals surface area contributed by atoms with Gasteiger partial charge >= 0.3 is 5.97 Å². The molecule has 1 aliphatic carbocycles. The minimum Gasteiger partial charge on any atom is -0.481 e. The number of aliphatic carboxylic acids is 1. The molecule has 1 aliphatic rings. The van der Waals surface area contributed by atoms with E-state index < -0.39 is 22.7 Å². The number of carboxylic acids is 1. The van der Waals surface area contributed by atoms with Gasteiger partial charge in [0, 0.05) is 22.3 Å². The van der Waals surface area contributed by atoms with Crippen molar-refractivity contribution in [2.24, 2.45) is 5.92 Å². The zero-order valence-electron chi connectivity index (χ0n) is 11.9. The second-order valence-electron chi connectivity index (χ2n) is 5.70. The molecule has 0 aromatic heterocycles. The van der Waals surface area contributed by atoms with E-state index in [1.165, 1.54) is 25.7 Å². The molecule has 0 heterocycles. The third-order valence-electron chi connectivity index (χ3n) is 4.07. The van der Waals surface area contributed by atoms with Gasteiger partial charge in [-0.3, -0.25) is 9.00 Å². The van der Waals surface area contributed by atoms with Crippen molar-refractivity contribution in [1.82, 2.24) is 0 Å². The van der Waals surface area contributed by atoms with Crippen molar-refractivity contribution in [2.45, 2.75) is 44.3 Å². The van der Waals surface area contributed by atoms with Crippen LogP contribution in [0.3, 0.4) is 0 Å². The number of carbonyl (C=O) groups is 1. The highest BCUT2D eigenvalue weighted by Crippen LogP contribution is 2.26. The van der Waals surface area contributed by atoms with Crippen molar-refractivity contribution in [2.75, 3.05) is 5.75 Å². The summed E-state index contributed by atoms with van der Waals surface area (Å²) < 4.78 is 12.1. The van der Waals surface area contributed by atoms with E-state index >= 15 is 0 Å². The van der Waals surface area contributed by atoms with Gasteiger partial charge in [-0.2, -0.15) is 0 Å². The Morgan fingerprint density at radius 2 is 1.90 bits per heavy atom. The molecule has 2 unspecified atom stereocenters. The second-order valence-corrected chi connectivity index (χ2v) is 7.20. The molecule has 0 aliphatic heterocycles. The van der Waals surface area contributed by atoms with Gasteiger partial charge < -0.3 is 5.11 Å². The standard InChI is InChI=1S/C16H22O3S/c1-12(16(17)18)15-8-6-14(7-9-15)11-20(19)10-13-4-2-3-5-13/h6-9,12-13H,2-5,10-11H2,1H3,(H,17,18). The zero-order valence-corrected chi connectivity index (χ0v) is 12.7. The summed E-state index contributed by atoms with van der Waals surface area (Å²) in [5, 5.41) is 8.96. The van der Waals surface area contributed by atoms with Crippen LogP contribution in [-0.2, 0) is 21.3 Å². The fourth-order valence-corrected chi connectivity index (χ4v) is 4.27. The lowest BCUT2D eigenvalue weighted by Gasteiger charge is -2.10. The van der Waals surface area contributed by atoms with Gasteiger partial charge in [0.15, 0.2) is 0 Å².